The average Bonchev–Trinajstić information content (AvgIpc) is 2.64. The summed E-state index contributed by atoms with van der Waals surface area (Å²) in [4.78, 5) is 12.2. The van der Waals surface area contributed by atoms with E-state index < -0.39 is 79.7 Å². The van der Waals surface area contributed by atoms with E-state index in [1.807, 2.05) is 0 Å². The quantitative estimate of drug-likeness (QED) is 0.175. The summed E-state index contributed by atoms with van der Waals surface area (Å²) in [6, 6.07) is -0.455. The highest BCUT2D eigenvalue weighted by atomic mass is 35.5. The van der Waals surface area contributed by atoms with Crippen molar-refractivity contribution in [2.75, 3.05) is 0 Å². The molecule has 0 radical (unpaired) electrons. The van der Waals surface area contributed by atoms with Gasteiger partial charge in [0.2, 0.25) is 0 Å². The molecule has 0 aliphatic rings. The van der Waals surface area contributed by atoms with Crippen molar-refractivity contribution in [1.82, 2.24) is 0 Å². The molecule has 0 fully saturated rings. The summed E-state index contributed by atoms with van der Waals surface area (Å²) in [6.07, 6.45) is -22.1. The monoisotopic (exact) mass is 564 g/mol. The summed E-state index contributed by atoms with van der Waals surface area (Å²) in [5.41, 5.74) is -11.0. The highest BCUT2D eigenvalue weighted by molar-refractivity contribution is 6.33. The Balaban J connectivity index is 2.72. The Hall–Kier alpha value is -2.61. The van der Waals surface area contributed by atoms with E-state index >= 15 is 0 Å². The molecule has 192 valence electrons. The minimum absolute atomic E-state index is 0.0964. The lowest BCUT2D eigenvalue weighted by Crippen LogP contribution is -2.15. The van der Waals surface area contributed by atoms with Crippen LogP contribution in [0.15, 0.2) is 30.3 Å². The van der Waals surface area contributed by atoms with Gasteiger partial charge in [-0.05, 0) is 24.3 Å². The maximum atomic E-state index is 13.1. The van der Waals surface area contributed by atoms with Gasteiger partial charge in [0.1, 0.15) is 5.76 Å². The first kappa shape index (κ1) is 28.6. The molecular weight excluding hydrogens is 559 g/mol. The van der Waals surface area contributed by atoms with Crippen LogP contribution in [0.5, 0.6) is 0 Å². The third-order valence-electron chi connectivity index (χ3n) is 4.21. The maximum absolute atomic E-state index is 13.1. The number of aliphatic hydroxyl groups is 1. The molecule has 16 heteroatoms. The lowest BCUT2D eigenvalue weighted by atomic mass is 9.99. The van der Waals surface area contributed by atoms with Gasteiger partial charge in [-0.25, -0.2) is 0 Å². The van der Waals surface area contributed by atoms with Crippen LogP contribution < -0.4 is 0 Å². The van der Waals surface area contributed by atoms with Crippen molar-refractivity contribution >= 4 is 34.7 Å². The van der Waals surface area contributed by atoms with Crippen molar-refractivity contribution in [2.24, 2.45) is 0 Å². The smallest absolute Gasteiger partial charge is 0.417 e. The van der Waals surface area contributed by atoms with Crippen molar-refractivity contribution < 1.29 is 62.6 Å². The first-order valence-corrected chi connectivity index (χ1v) is 9.22. The second-order valence-electron chi connectivity index (χ2n) is 6.66. The standard InChI is InChI=1S/C19H6Cl2F12O2/c20-14-8(16(22,23)24)1-6(2-9(14)17(25,26)27)12(34)5-13(35)7-3-10(18(28,29)30)15(21)11(4-7)19(31,32)33/h1-5,34H/b12-5-. The van der Waals surface area contributed by atoms with Crippen LogP contribution in [0.3, 0.4) is 0 Å². The van der Waals surface area contributed by atoms with Crippen LogP contribution in [0, 0.1) is 0 Å². The Bertz CT molecular complexity index is 1120. The van der Waals surface area contributed by atoms with E-state index in [-0.39, 0.29) is 30.3 Å². The Labute approximate surface area is 196 Å². The van der Waals surface area contributed by atoms with Gasteiger partial charge in [0.15, 0.2) is 5.78 Å². The van der Waals surface area contributed by atoms with Gasteiger partial charge in [0.05, 0.1) is 32.3 Å². The predicted octanol–water partition coefficient (Wildman–Crippen LogP) is 8.85. The molecule has 0 saturated heterocycles. The molecule has 2 nitrogen and oxygen atoms in total. The molecule has 0 saturated carbocycles. The predicted molar refractivity (Wildman–Crippen MR) is 97.8 cm³/mol. The zero-order chi connectivity index (χ0) is 27.3. The summed E-state index contributed by atoms with van der Waals surface area (Å²) in [7, 11) is 0. The summed E-state index contributed by atoms with van der Waals surface area (Å²) in [5, 5.41) is 6.32. The molecule has 0 unspecified atom stereocenters. The molecule has 35 heavy (non-hydrogen) atoms. The van der Waals surface area contributed by atoms with Gasteiger partial charge in [-0.15, -0.1) is 0 Å². The maximum Gasteiger partial charge on any atom is 0.417 e. The summed E-state index contributed by atoms with van der Waals surface area (Å²) < 4.78 is 157. The molecular formula is C19H6Cl2F12O2. The summed E-state index contributed by atoms with van der Waals surface area (Å²) >= 11 is 10.3. The van der Waals surface area contributed by atoms with E-state index in [1.54, 1.807) is 0 Å². The molecule has 2 aromatic rings. The Morgan fingerprint density at radius 2 is 0.857 bits per heavy atom. The van der Waals surface area contributed by atoms with Crippen LogP contribution in [-0.4, -0.2) is 10.9 Å². The van der Waals surface area contributed by atoms with E-state index in [1.165, 1.54) is 0 Å². The fraction of sp³-hybridized carbons (Fsp3) is 0.211. The third kappa shape index (κ3) is 6.34. The first-order valence-electron chi connectivity index (χ1n) is 8.46. The average molecular weight is 565 g/mol. The van der Waals surface area contributed by atoms with Crippen LogP contribution in [0.4, 0.5) is 52.7 Å². The third-order valence-corrected chi connectivity index (χ3v) is 5.03. The van der Waals surface area contributed by atoms with Gasteiger partial charge in [-0.3, -0.25) is 4.79 Å². The van der Waals surface area contributed by atoms with Gasteiger partial charge in [0, 0.05) is 17.2 Å². The molecule has 0 aliphatic carbocycles. The number of benzene rings is 2. The van der Waals surface area contributed by atoms with Crippen LogP contribution in [0.1, 0.15) is 38.2 Å². The Morgan fingerprint density at radius 3 is 1.11 bits per heavy atom. The highest BCUT2D eigenvalue weighted by Gasteiger charge is 2.43. The van der Waals surface area contributed by atoms with E-state index in [4.69, 9.17) is 23.2 Å². The SMILES string of the molecule is O=C(/C=C(\O)c1cc(C(F)(F)F)c(Cl)c(C(F)(F)F)c1)c1cc(C(F)(F)F)c(Cl)c(C(F)(F)F)c1. The molecule has 1 N–H and O–H groups in total. The van der Waals surface area contributed by atoms with Crippen molar-refractivity contribution in [1.29, 1.82) is 0 Å². The van der Waals surface area contributed by atoms with Crippen LogP contribution in [0.25, 0.3) is 5.76 Å². The lowest BCUT2D eigenvalue weighted by molar-refractivity contribution is -0.144. The normalized spacial score (nSPS) is 13.8. The van der Waals surface area contributed by atoms with Gasteiger partial charge >= 0.3 is 24.7 Å². The number of alkyl halides is 12. The number of allylic oxidation sites excluding steroid dienone is 1. The van der Waals surface area contributed by atoms with E-state index in [0.717, 1.165) is 0 Å². The second kappa shape index (κ2) is 9.12. The molecule has 0 amide bonds. The molecule has 0 aromatic heterocycles. The number of carbonyl (C=O) groups is 1. The van der Waals surface area contributed by atoms with E-state index in [2.05, 4.69) is 0 Å². The summed E-state index contributed by atoms with van der Waals surface area (Å²) in [5.74, 6) is -3.47. The molecule has 2 aromatic carbocycles. The largest absolute Gasteiger partial charge is 0.507 e. The molecule has 2 rings (SSSR count). The highest BCUT2D eigenvalue weighted by Crippen LogP contribution is 2.45. The Morgan fingerprint density at radius 1 is 0.600 bits per heavy atom. The molecule has 0 atom stereocenters. The van der Waals surface area contributed by atoms with Gasteiger partial charge in [-0.1, -0.05) is 23.2 Å². The molecule has 0 spiro atoms. The van der Waals surface area contributed by atoms with Gasteiger partial charge in [0.25, 0.3) is 0 Å². The molecule has 0 bridgehead atoms. The number of rotatable bonds is 3. The fourth-order valence-electron chi connectivity index (χ4n) is 2.66. The van der Waals surface area contributed by atoms with Crippen molar-refractivity contribution in [3.63, 3.8) is 0 Å². The number of halogens is 14. The molecule has 0 heterocycles. The van der Waals surface area contributed by atoms with Crippen LogP contribution in [0.2, 0.25) is 10.0 Å². The number of ketones is 1. The fourth-order valence-corrected chi connectivity index (χ4v) is 3.30. The molecule has 0 aliphatic heterocycles. The topological polar surface area (TPSA) is 37.3 Å². The van der Waals surface area contributed by atoms with Gasteiger partial charge < -0.3 is 5.11 Å². The zero-order valence-corrected chi connectivity index (χ0v) is 17.5. The van der Waals surface area contributed by atoms with Crippen molar-refractivity contribution in [3.8, 4) is 0 Å². The van der Waals surface area contributed by atoms with Crippen LogP contribution >= 0.6 is 23.2 Å². The van der Waals surface area contributed by atoms with Gasteiger partial charge in [-0.2, -0.15) is 52.7 Å². The van der Waals surface area contributed by atoms with Crippen LogP contribution in [-0.2, 0) is 24.7 Å². The number of hydrogen-bond acceptors (Lipinski definition) is 2. The first-order chi connectivity index (χ1) is 15.5. The van der Waals surface area contributed by atoms with E-state index in [9.17, 15) is 62.6 Å². The van der Waals surface area contributed by atoms with Crippen molar-refractivity contribution in [2.45, 2.75) is 24.7 Å². The summed E-state index contributed by atoms with van der Waals surface area (Å²) in [6.45, 7) is 0. The lowest BCUT2D eigenvalue weighted by Gasteiger charge is -2.17. The Kier molecular flexibility index (Phi) is 7.46. The second-order valence-corrected chi connectivity index (χ2v) is 7.41. The number of carbonyl (C=O) groups excluding carboxylic acids is 1. The minimum Gasteiger partial charge on any atom is -0.507 e. The minimum atomic E-state index is -5.49. The number of hydrogen-bond donors (Lipinski definition) is 1. The number of aliphatic hydroxyl groups excluding tert-OH is 1. The zero-order valence-electron chi connectivity index (χ0n) is 16.0. The van der Waals surface area contributed by atoms with Crippen molar-refractivity contribution in [3.05, 3.63) is 73.8 Å². The van der Waals surface area contributed by atoms with E-state index in [0.29, 0.717) is 0 Å².